The van der Waals surface area contributed by atoms with Gasteiger partial charge in [0.25, 0.3) is 0 Å². The van der Waals surface area contributed by atoms with E-state index in [0.717, 1.165) is 4.60 Å². The fraction of sp³-hybridized carbons (Fsp3) is 0.286. The largest absolute Gasteiger partial charge is 0.318 e. The van der Waals surface area contributed by atoms with Gasteiger partial charge < -0.3 is 4.57 Å². The third-order valence-corrected chi connectivity index (χ3v) is 3.05. The molecule has 0 saturated carbocycles. The summed E-state index contributed by atoms with van der Waals surface area (Å²) in [6.07, 6.45) is 0. The Morgan fingerprint density at radius 3 is 2.45 bits per heavy atom. The molecular formula is C7H9BrNOP. The van der Waals surface area contributed by atoms with Crippen LogP contribution in [0.5, 0.6) is 0 Å². The van der Waals surface area contributed by atoms with Crippen LogP contribution in [0.25, 0.3) is 0 Å². The van der Waals surface area contributed by atoms with Crippen molar-refractivity contribution in [1.82, 2.24) is 4.98 Å². The molecule has 0 unspecified atom stereocenters. The first-order valence-electron chi connectivity index (χ1n) is 3.18. The summed E-state index contributed by atoms with van der Waals surface area (Å²) >= 11 is 3.22. The van der Waals surface area contributed by atoms with Gasteiger partial charge in [-0.2, -0.15) is 0 Å². The van der Waals surface area contributed by atoms with E-state index in [0.29, 0.717) is 5.44 Å². The van der Waals surface area contributed by atoms with Gasteiger partial charge in [-0.3, -0.25) is 0 Å². The minimum absolute atomic E-state index is 0.673. The second-order valence-electron chi connectivity index (χ2n) is 2.67. The van der Waals surface area contributed by atoms with Crippen LogP contribution in [0.1, 0.15) is 0 Å². The Morgan fingerprint density at radius 1 is 1.45 bits per heavy atom. The topological polar surface area (TPSA) is 30.0 Å². The number of rotatable bonds is 1. The summed E-state index contributed by atoms with van der Waals surface area (Å²) < 4.78 is 12.2. The Morgan fingerprint density at radius 2 is 2.09 bits per heavy atom. The highest BCUT2D eigenvalue weighted by molar-refractivity contribution is 9.10. The van der Waals surface area contributed by atoms with Gasteiger partial charge in [-0.05, 0) is 41.4 Å². The minimum atomic E-state index is -2.19. The van der Waals surface area contributed by atoms with Gasteiger partial charge in [-0.25, -0.2) is 4.98 Å². The van der Waals surface area contributed by atoms with Crippen LogP contribution in [0, 0.1) is 0 Å². The van der Waals surface area contributed by atoms with Crippen LogP contribution in [0.15, 0.2) is 22.8 Å². The number of hydrogen-bond donors (Lipinski definition) is 0. The maximum atomic E-state index is 11.5. The van der Waals surface area contributed by atoms with Crippen molar-refractivity contribution in [1.29, 1.82) is 0 Å². The fourth-order valence-electron chi connectivity index (χ4n) is 0.697. The maximum Gasteiger partial charge on any atom is 0.127 e. The molecule has 0 saturated heterocycles. The molecule has 1 heterocycles. The molecule has 0 bridgehead atoms. The van der Waals surface area contributed by atoms with Crippen molar-refractivity contribution in [2.45, 2.75) is 0 Å². The molecule has 1 rings (SSSR count). The molecule has 0 aromatic carbocycles. The van der Waals surface area contributed by atoms with E-state index in [2.05, 4.69) is 20.9 Å². The molecule has 60 valence electrons. The number of pyridine rings is 1. The molecule has 0 atom stereocenters. The average Bonchev–Trinajstić information content (AvgIpc) is 1.86. The molecule has 0 radical (unpaired) electrons. The van der Waals surface area contributed by atoms with Crippen molar-refractivity contribution < 1.29 is 4.57 Å². The van der Waals surface area contributed by atoms with Crippen molar-refractivity contribution in [2.75, 3.05) is 13.3 Å². The van der Waals surface area contributed by atoms with Crippen LogP contribution < -0.4 is 5.44 Å². The molecule has 0 aliphatic carbocycles. The molecule has 1 aromatic rings. The summed E-state index contributed by atoms with van der Waals surface area (Å²) in [7, 11) is -2.19. The molecule has 4 heteroatoms. The molecule has 11 heavy (non-hydrogen) atoms. The normalized spacial score (nSPS) is 11.5. The third-order valence-electron chi connectivity index (χ3n) is 1.25. The second kappa shape index (κ2) is 3.08. The Hall–Kier alpha value is -0.140. The van der Waals surface area contributed by atoms with E-state index in [1.54, 1.807) is 19.4 Å². The highest BCUT2D eigenvalue weighted by Gasteiger charge is 2.11. The number of aromatic nitrogens is 1. The Bertz CT molecular complexity index is 307. The lowest BCUT2D eigenvalue weighted by atomic mass is 10.5. The SMILES string of the molecule is CP(C)(=O)c1cccc(Br)n1. The maximum absolute atomic E-state index is 11.5. The summed E-state index contributed by atoms with van der Waals surface area (Å²) in [4.78, 5) is 4.10. The van der Waals surface area contributed by atoms with Gasteiger partial charge in [-0.1, -0.05) is 6.07 Å². The number of hydrogen-bond acceptors (Lipinski definition) is 2. The first-order chi connectivity index (χ1) is 5.00. The van der Waals surface area contributed by atoms with Crippen LogP contribution in [-0.4, -0.2) is 18.3 Å². The first-order valence-corrected chi connectivity index (χ1v) is 6.58. The van der Waals surface area contributed by atoms with Gasteiger partial charge in [-0.15, -0.1) is 0 Å². The predicted molar refractivity (Wildman–Crippen MR) is 51.0 cm³/mol. The molecule has 0 amide bonds. The average molecular weight is 234 g/mol. The van der Waals surface area contributed by atoms with Crippen molar-refractivity contribution in [3.63, 3.8) is 0 Å². The summed E-state index contributed by atoms with van der Waals surface area (Å²) in [5.41, 5.74) is 0.673. The van der Waals surface area contributed by atoms with Crippen LogP contribution in [0.2, 0.25) is 0 Å². The summed E-state index contributed by atoms with van der Waals surface area (Å²) in [6, 6.07) is 5.44. The summed E-state index contributed by atoms with van der Waals surface area (Å²) in [6.45, 7) is 3.42. The Balaban J connectivity index is 3.17. The van der Waals surface area contributed by atoms with Crippen LogP contribution in [-0.2, 0) is 4.57 Å². The lowest BCUT2D eigenvalue weighted by Gasteiger charge is -2.04. The van der Waals surface area contributed by atoms with Gasteiger partial charge in [0.2, 0.25) is 0 Å². The molecular weight excluding hydrogens is 225 g/mol. The highest BCUT2D eigenvalue weighted by atomic mass is 79.9. The molecule has 0 spiro atoms. The van der Waals surface area contributed by atoms with Crippen molar-refractivity contribution in [2.24, 2.45) is 0 Å². The lowest BCUT2D eigenvalue weighted by Crippen LogP contribution is -2.07. The van der Waals surface area contributed by atoms with Crippen molar-refractivity contribution in [3.8, 4) is 0 Å². The molecule has 0 N–H and O–H groups in total. The molecule has 0 aliphatic heterocycles. The standard InChI is InChI=1S/C7H9BrNOP/c1-11(2,10)7-5-3-4-6(8)9-7/h3-5H,1-2H3. The lowest BCUT2D eigenvalue weighted by molar-refractivity contribution is 0.587. The predicted octanol–water partition coefficient (Wildman–Crippen LogP) is 2.09. The highest BCUT2D eigenvalue weighted by Crippen LogP contribution is 2.33. The smallest absolute Gasteiger partial charge is 0.127 e. The van der Waals surface area contributed by atoms with E-state index < -0.39 is 7.14 Å². The van der Waals surface area contributed by atoms with Crippen molar-refractivity contribution in [3.05, 3.63) is 22.8 Å². The van der Waals surface area contributed by atoms with E-state index >= 15 is 0 Å². The summed E-state index contributed by atoms with van der Waals surface area (Å²) in [5, 5.41) is 0. The molecule has 0 fully saturated rings. The van der Waals surface area contributed by atoms with E-state index in [9.17, 15) is 4.57 Å². The number of nitrogens with zero attached hydrogens (tertiary/aromatic N) is 1. The van der Waals surface area contributed by atoms with Gasteiger partial charge in [0, 0.05) is 0 Å². The first kappa shape index (κ1) is 8.95. The quantitative estimate of drug-likeness (QED) is 0.550. The zero-order valence-electron chi connectivity index (χ0n) is 6.41. The Kier molecular flexibility index (Phi) is 2.50. The fourth-order valence-corrected chi connectivity index (χ4v) is 1.97. The minimum Gasteiger partial charge on any atom is -0.318 e. The van der Waals surface area contributed by atoms with Gasteiger partial charge in [0.1, 0.15) is 17.2 Å². The van der Waals surface area contributed by atoms with Crippen LogP contribution in [0.4, 0.5) is 0 Å². The monoisotopic (exact) mass is 233 g/mol. The second-order valence-corrected chi connectivity index (χ2v) is 6.64. The summed E-state index contributed by atoms with van der Waals surface area (Å²) in [5.74, 6) is 0. The molecule has 1 aromatic heterocycles. The van der Waals surface area contributed by atoms with E-state index in [4.69, 9.17) is 0 Å². The van der Waals surface area contributed by atoms with E-state index in [1.807, 2.05) is 12.1 Å². The third kappa shape index (κ3) is 2.42. The van der Waals surface area contributed by atoms with Gasteiger partial charge >= 0.3 is 0 Å². The van der Waals surface area contributed by atoms with E-state index in [-0.39, 0.29) is 0 Å². The van der Waals surface area contributed by atoms with Crippen LogP contribution >= 0.6 is 23.1 Å². The zero-order valence-corrected chi connectivity index (χ0v) is 8.89. The number of halogens is 1. The zero-order chi connectivity index (χ0) is 8.48. The molecule has 0 aliphatic rings. The molecule has 2 nitrogen and oxygen atoms in total. The Labute approximate surface area is 74.5 Å². The van der Waals surface area contributed by atoms with Crippen molar-refractivity contribution >= 4 is 28.5 Å². The van der Waals surface area contributed by atoms with Gasteiger partial charge in [0.15, 0.2) is 0 Å². The van der Waals surface area contributed by atoms with E-state index in [1.165, 1.54) is 0 Å². The van der Waals surface area contributed by atoms with Gasteiger partial charge in [0.05, 0.1) is 0 Å². The van der Waals surface area contributed by atoms with Crippen LogP contribution in [0.3, 0.4) is 0 Å².